The number of furan rings is 1. The Bertz CT molecular complexity index is 3010. The molecule has 210 valence electrons. The van der Waals surface area contributed by atoms with Crippen LogP contribution in [0.15, 0.2) is 174 Å². The molecule has 0 aliphatic heterocycles. The lowest BCUT2D eigenvalue weighted by molar-refractivity contribution is 0.669. The summed E-state index contributed by atoms with van der Waals surface area (Å²) in [5.41, 5.74) is 5.01. The molecule has 0 fully saturated rings. The molecule has 0 spiro atoms. The highest BCUT2D eigenvalue weighted by Gasteiger charge is 2.21. The van der Waals surface area contributed by atoms with Crippen LogP contribution in [0, 0.1) is 0 Å². The van der Waals surface area contributed by atoms with E-state index in [0.29, 0.717) is 16.3 Å². The molecule has 1 nitrogen and oxygen atoms in total. The van der Waals surface area contributed by atoms with E-state index in [-0.39, 0.29) is 28.8 Å². The lowest BCUT2D eigenvalue weighted by Gasteiger charge is -2.19. The number of benzene rings is 8. The molecule has 0 atom stereocenters. The van der Waals surface area contributed by atoms with E-state index in [9.17, 15) is 2.74 Å². The second-order valence-corrected chi connectivity index (χ2v) is 10.9. The Labute approximate surface area is 274 Å². The third-order valence-corrected chi connectivity index (χ3v) is 8.43. The lowest BCUT2D eigenvalue weighted by Crippen LogP contribution is -1.92. The Kier molecular flexibility index (Phi) is 4.15. The average molecular weight is 582 g/mol. The van der Waals surface area contributed by atoms with Gasteiger partial charge in [-0.05, 0) is 90.3 Å². The first-order valence-corrected chi connectivity index (χ1v) is 14.7. The maximum absolute atomic E-state index is 9.68. The largest absolute Gasteiger partial charge is 0.456 e. The topological polar surface area (TPSA) is 13.1 Å². The fourth-order valence-corrected chi connectivity index (χ4v) is 6.50. The van der Waals surface area contributed by atoms with Crippen molar-refractivity contribution in [1.82, 2.24) is 0 Å². The maximum Gasteiger partial charge on any atom is 0.136 e. The second-order valence-electron chi connectivity index (χ2n) is 10.9. The zero-order valence-electron chi connectivity index (χ0n) is 32.9. The summed E-state index contributed by atoms with van der Waals surface area (Å²) in [6, 6.07) is 32.7. The average Bonchev–Trinajstić information content (AvgIpc) is 3.59. The van der Waals surface area contributed by atoms with Gasteiger partial charge in [-0.15, -0.1) is 0 Å². The van der Waals surface area contributed by atoms with Crippen molar-refractivity contribution in [1.29, 1.82) is 0 Å². The van der Waals surface area contributed by atoms with Crippen LogP contribution < -0.4 is 0 Å². The van der Waals surface area contributed by atoms with Crippen molar-refractivity contribution < 1.29 is 16.8 Å². The molecule has 9 rings (SSSR count). The minimum absolute atomic E-state index is 0.0303. The van der Waals surface area contributed by atoms with Crippen LogP contribution in [0.2, 0.25) is 0 Å². The van der Waals surface area contributed by atoms with Gasteiger partial charge in [0, 0.05) is 10.8 Å². The number of fused-ring (bicyclic) bond motifs is 5. The Hall–Kier alpha value is -5.92. The summed E-state index contributed by atoms with van der Waals surface area (Å²) in [5.74, 6) is 0. The first-order chi connectivity index (χ1) is 26.1. The van der Waals surface area contributed by atoms with E-state index >= 15 is 0 Å². The molecule has 8 aromatic carbocycles. The zero-order valence-corrected chi connectivity index (χ0v) is 23.9. The van der Waals surface area contributed by atoms with E-state index in [4.69, 9.17) is 14.0 Å². The first kappa shape index (κ1) is 18.0. The van der Waals surface area contributed by atoms with E-state index in [1.54, 1.807) is 0 Å². The molecule has 0 N–H and O–H groups in total. The predicted octanol–water partition coefficient (Wildman–Crippen LogP) is 12.6. The molecule has 9 aromatic rings. The highest BCUT2D eigenvalue weighted by atomic mass is 16.3. The highest BCUT2D eigenvalue weighted by molar-refractivity contribution is 6.26. The van der Waals surface area contributed by atoms with Crippen molar-refractivity contribution in [3.05, 3.63) is 170 Å². The Balaban J connectivity index is 1.48. The summed E-state index contributed by atoms with van der Waals surface area (Å²) in [6.07, 6.45) is 0. The minimum atomic E-state index is -0.610. The van der Waals surface area contributed by atoms with Crippen molar-refractivity contribution in [3.63, 3.8) is 0 Å². The van der Waals surface area contributed by atoms with E-state index in [1.807, 2.05) is 109 Å². The fraction of sp³-hybridized carbons (Fsp3) is 0. The number of hydrogen-bond donors (Lipinski definition) is 0. The van der Waals surface area contributed by atoms with Crippen LogP contribution in [-0.4, -0.2) is 0 Å². The molecule has 0 aliphatic carbocycles. The van der Waals surface area contributed by atoms with Gasteiger partial charge < -0.3 is 4.42 Å². The highest BCUT2D eigenvalue weighted by Crippen LogP contribution is 2.48. The van der Waals surface area contributed by atoms with Gasteiger partial charge in [-0.2, -0.15) is 0 Å². The van der Waals surface area contributed by atoms with Crippen LogP contribution in [0.1, 0.15) is 12.3 Å². The quantitative estimate of drug-likeness (QED) is 0.188. The van der Waals surface area contributed by atoms with E-state index in [1.165, 1.54) is 0 Å². The SMILES string of the molecule is [2H]c1c([2H])c([2H])c(-c2c([2H])c([2H])c([2H])c(-c3c4ccccc4c(-c4cccc5oc6ccccc6c45)c4ccc(-c5ccccc5)cc34)c2[2H])c([2H])c1[2H]. The summed E-state index contributed by atoms with van der Waals surface area (Å²) in [7, 11) is 0. The minimum Gasteiger partial charge on any atom is -0.456 e. The van der Waals surface area contributed by atoms with Gasteiger partial charge in [0.2, 0.25) is 0 Å². The van der Waals surface area contributed by atoms with Gasteiger partial charge in [0.15, 0.2) is 0 Å². The Morgan fingerprint density at radius 1 is 0.400 bits per heavy atom. The van der Waals surface area contributed by atoms with Crippen molar-refractivity contribution in [2.75, 3.05) is 0 Å². The van der Waals surface area contributed by atoms with Crippen molar-refractivity contribution in [2.24, 2.45) is 0 Å². The van der Waals surface area contributed by atoms with Crippen LogP contribution in [0.3, 0.4) is 0 Å². The first-order valence-electron chi connectivity index (χ1n) is 19.2. The predicted molar refractivity (Wildman–Crippen MR) is 190 cm³/mol. The number of hydrogen-bond acceptors (Lipinski definition) is 1. The Morgan fingerprint density at radius 3 is 1.91 bits per heavy atom. The molecule has 0 saturated heterocycles. The van der Waals surface area contributed by atoms with Crippen LogP contribution >= 0.6 is 0 Å². The standard InChI is InChI=1S/C44H28O/c1-3-13-29(14-4-1)31-17-11-18-33(27-31)42-34-19-7-8-20-35(34)43(36-26-25-32(28-39(36)42)30-15-5-2-6-16-30)38-22-12-24-41-44(38)37-21-9-10-23-40(37)45-41/h1-28H/i1D,3D,4D,11D,13D,14D,17D,18D,27D. The van der Waals surface area contributed by atoms with Crippen molar-refractivity contribution >= 4 is 43.5 Å². The third-order valence-electron chi connectivity index (χ3n) is 8.43. The summed E-state index contributed by atoms with van der Waals surface area (Å²) in [5, 5.41) is 4.89. The summed E-state index contributed by atoms with van der Waals surface area (Å²) < 4.78 is 85.5. The zero-order chi connectivity index (χ0) is 37.6. The van der Waals surface area contributed by atoms with Gasteiger partial charge in [0.25, 0.3) is 0 Å². The second kappa shape index (κ2) is 10.4. The molecule has 0 aliphatic rings. The van der Waals surface area contributed by atoms with Gasteiger partial charge in [-0.1, -0.05) is 145 Å². The molecule has 0 bridgehead atoms. The number of rotatable bonds is 4. The molecule has 1 heteroatoms. The number of para-hydroxylation sites is 1. The van der Waals surface area contributed by atoms with Crippen LogP contribution in [0.5, 0.6) is 0 Å². The van der Waals surface area contributed by atoms with E-state index in [2.05, 4.69) is 6.07 Å². The molecule has 45 heavy (non-hydrogen) atoms. The smallest absolute Gasteiger partial charge is 0.136 e. The lowest BCUT2D eigenvalue weighted by atomic mass is 9.83. The van der Waals surface area contributed by atoms with Crippen LogP contribution in [0.25, 0.3) is 88.0 Å². The normalized spacial score (nSPS) is 14.4. The van der Waals surface area contributed by atoms with Crippen LogP contribution in [-0.2, 0) is 0 Å². The van der Waals surface area contributed by atoms with Gasteiger partial charge in [0.1, 0.15) is 11.2 Å². The summed E-state index contributed by atoms with van der Waals surface area (Å²) in [6.45, 7) is 0. The molecule has 0 radical (unpaired) electrons. The van der Waals surface area contributed by atoms with Crippen molar-refractivity contribution in [2.45, 2.75) is 0 Å². The molecule has 1 heterocycles. The maximum atomic E-state index is 9.68. The monoisotopic (exact) mass is 581 g/mol. The van der Waals surface area contributed by atoms with Gasteiger partial charge in [-0.25, -0.2) is 0 Å². The molecule has 1 aromatic heterocycles. The van der Waals surface area contributed by atoms with Gasteiger partial charge >= 0.3 is 0 Å². The fourth-order valence-electron chi connectivity index (χ4n) is 6.50. The Morgan fingerprint density at radius 2 is 1.07 bits per heavy atom. The van der Waals surface area contributed by atoms with Gasteiger partial charge in [-0.3, -0.25) is 0 Å². The molecular formula is C44H28O. The molecule has 0 unspecified atom stereocenters. The molecule has 0 saturated carbocycles. The summed E-state index contributed by atoms with van der Waals surface area (Å²) in [4.78, 5) is 0. The van der Waals surface area contributed by atoms with E-state index in [0.717, 1.165) is 55.0 Å². The van der Waals surface area contributed by atoms with Crippen molar-refractivity contribution in [3.8, 4) is 44.5 Å². The van der Waals surface area contributed by atoms with E-state index < -0.39 is 42.3 Å². The summed E-state index contributed by atoms with van der Waals surface area (Å²) >= 11 is 0. The van der Waals surface area contributed by atoms with Gasteiger partial charge in [0.05, 0.1) is 12.3 Å². The molecule has 0 amide bonds. The van der Waals surface area contributed by atoms with Crippen LogP contribution in [0.4, 0.5) is 0 Å². The third kappa shape index (κ3) is 4.17. The molecular weight excluding hydrogens is 544 g/mol.